The zero-order valence-electron chi connectivity index (χ0n) is 12.4. The van der Waals surface area contributed by atoms with Gasteiger partial charge in [-0.3, -0.25) is 14.9 Å². The summed E-state index contributed by atoms with van der Waals surface area (Å²) in [5, 5.41) is 10.8. The highest BCUT2D eigenvalue weighted by Gasteiger charge is 2.18. The molecule has 2 N–H and O–H groups in total. The Balaban J connectivity index is 2.44. The number of carbonyl (C=O) groups excluding carboxylic acids is 1. The summed E-state index contributed by atoms with van der Waals surface area (Å²) in [6, 6.07) is 4.41. The first-order valence-electron chi connectivity index (χ1n) is 6.62. The smallest absolute Gasteiger partial charge is 0.276 e. The number of primary amides is 1. The molecule has 0 radical (unpaired) electrons. The zero-order chi connectivity index (χ0) is 17.1. The summed E-state index contributed by atoms with van der Waals surface area (Å²) >= 11 is 5.86. The number of nitro benzene ring substituents is 1. The molecule has 0 aliphatic rings. The van der Waals surface area contributed by atoms with E-state index in [4.69, 9.17) is 22.1 Å². The molecule has 23 heavy (non-hydrogen) atoms. The molecule has 0 fully saturated rings. The second kappa shape index (κ2) is 6.57. The van der Waals surface area contributed by atoms with Gasteiger partial charge in [0.1, 0.15) is 11.4 Å². The van der Waals surface area contributed by atoms with Crippen molar-refractivity contribution in [2.24, 2.45) is 5.73 Å². The minimum atomic E-state index is -0.797. The van der Waals surface area contributed by atoms with Gasteiger partial charge in [0.05, 0.1) is 11.0 Å². The second-order valence-corrected chi connectivity index (χ2v) is 5.00. The van der Waals surface area contributed by atoms with Crippen molar-refractivity contribution in [2.45, 2.75) is 20.3 Å². The number of rotatable bonds is 5. The SMILES string of the molecule is CCc1nc(C(N)=O)c(Cl)nc1Oc1ccc(C)c([N+](=O)[O-])c1. The van der Waals surface area contributed by atoms with Crippen LogP contribution >= 0.6 is 11.6 Å². The molecule has 2 aromatic rings. The van der Waals surface area contributed by atoms with Gasteiger partial charge in [-0.25, -0.2) is 4.98 Å². The molecular weight excluding hydrogens is 324 g/mol. The van der Waals surface area contributed by atoms with E-state index >= 15 is 0 Å². The number of nitrogens with zero attached hydrogens (tertiary/aromatic N) is 3. The van der Waals surface area contributed by atoms with E-state index in [2.05, 4.69) is 9.97 Å². The van der Waals surface area contributed by atoms with Crippen LogP contribution in [0.2, 0.25) is 5.15 Å². The van der Waals surface area contributed by atoms with Crippen molar-refractivity contribution in [3.05, 3.63) is 50.4 Å². The Bertz CT molecular complexity index is 795. The molecule has 120 valence electrons. The number of aromatic nitrogens is 2. The number of hydrogen-bond acceptors (Lipinski definition) is 6. The number of carbonyl (C=O) groups is 1. The van der Waals surface area contributed by atoms with Crippen LogP contribution in [0.25, 0.3) is 0 Å². The molecule has 0 saturated carbocycles. The third-order valence-corrected chi connectivity index (χ3v) is 3.31. The molecule has 0 aliphatic heterocycles. The summed E-state index contributed by atoms with van der Waals surface area (Å²) in [6.07, 6.45) is 0.410. The fourth-order valence-electron chi connectivity index (χ4n) is 1.87. The number of halogens is 1. The Morgan fingerprint density at radius 3 is 2.70 bits per heavy atom. The number of aryl methyl sites for hydroxylation is 2. The molecule has 1 aromatic carbocycles. The first kappa shape index (κ1) is 16.6. The fraction of sp³-hybridized carbons (Fsp3) is 0.214. The molecule has 0 spiro atoms. The monoisotopic (exact) mass is 336 g/mol. The molecule has 1 heterocycles. The van der Waals surface area contributed by atoms with Crippen molar-refractivity contribution in [2.75, 3.05) is 0 Å². The Morgan fingerprint density at radius 1 is 1.43 bits per heavy atom. The lowest BCUT2D eigenvalue weighted by Crippen LogP contribution is -2.16. The van der Waals surface area contributed by atoms with Gasteiger partial charge in [0.25, 0.3) is 11.6 Å². The van der Waals surface area contributed by atoms with Gasteiger partial charge >= 0.3 is 0 Å². The van der Waals surface area contributed by atoms with Gasteiger partial charge in [-0.1, -0.05) is 18.5 Å². The van der Waals surface area contributed by atoms with Gasteiger partial charge in [0, 0.05) is 5.56 Å². The maximum atomic E-state index is 11.2. The summed E-state index contributed by atoms with van der Waals surface area (Å²) in [7, 11) is 0. The second-order valence-electron chi connectivity index (χ2n) is 4.64. The van der Waals surface area contributed by atoms with Crippen LogP contribution in [0.3, 0.4) is 0 Å². The van der Waals surface area contributed by atoms with E-state index in [1.54, 1.807) is 26.0 Å². The van der Waals surface area contributed by atoms with Crippen LogP contribution in [0, 0.1) is 17.0 Å². The topological polar surface area (TPSA) is 121 Å². The Morgan fingerprint density at radius 2 is 2.13 bits per heavy atom. The molecule has 0 bridgehead atoms. The average Bonchev–Trinajstić information content (AvgIpc) is 2.48. The van der Waals surface area contributed by atoms with Crippen LogP contribution in [0.1, 0.15) is 28.7 Å². The highest BCUT2D eigenvalue weighted by atomic mass is 35.5. The summed E-state index contributed by atoms with van der Waals surface area (Å²) in [4.78, 5) is 29.7. The van der Waals surface area contributed by atoms with Crippen LogP contribution < -0.4 is 10.5 Å². The summed E-state index contributed by atoms with van der Waals surface area (Å²) < 4.78 is 5.55. The van der Waals surface area contributed by atoms with Crippen molar-refractivity contribution in [1.82, 2.24) is 9.97 Å². The van der Waals surface area contributed by atoms with Gasteiger partial charge in [0.2, 0.25) is 5.88 Å². The summed E-state index contributed by atoms with van der Waals surface area (Å²) in [6.45, 7) is 3.41. The van der Waals surface area contributed by atoms with Gasteiger partial charge in [-0.2, -0.15) is 4.98 Å². The van der Waals surface area contributed by atoms with Crippen molar-refractivity contribution in [1.29, 1.82) is 0 Å². The Labute approximate surface area is 136 Å². The van der Waals surface area contributed by atoms with Gasteiger partial charge in [0.15, 0.2) is 10.8 Å². The predicted octanol–water partition coefficient (Wildman–Crippen LogP) is 2.80. The number of amides is 1. The number of nitrogens with two attached hydrogens (primary N) is 1. The zero-order valence-corrected chi connectivity index (χ0v) is 13.1. The first-order valence-corrected chi connectivity index (χ1v) is 7.00. The molecule has 1 aromatic heterocycles. The lowest BCUT2D eigenvalue weighted by molar-refractivity contribution is -0.385. The van der Waals surface area contributed by atoms with E-state index < -0.39 is 10.8 Å². The first-order chi connectivity index (χ1) is 10.8. The highest BCUT2D eigenvalue weighted by molar-refractivity contribution is 6.32. The van der Waals surface area contributed by atoms with Gasteiger partial charge in [-0.05, 0) is 25.5 Å². The van der Waals surface area contributed by atoms with Crippen LogP contribution in [0.15, 0.2) is 18.2 Å². The fourth-order valence-corrected chi connectivity index (χ4v) is 2.08. The van der Waals surface area contributed by atoms with Crippen LogP contribution in [0.4, 0.5) is 5.69 Å². The quantitative estimate of drug-likeness (QED) is 0.661. The van der Waals surface area contributed by atoms with Crippen molar-refractivity contribution in [3.8, 4) is 11.6 Å². The molecule has 1 amide bonds. The van der Waals surface area contributed by atoms with Gasteiger partial charge < -0.3 is 10.5 Å². The Kier molecular flexibility index (Phi) is 4.75. The van der Waals surface area contributed by atoms with Crippen molar-refractivity contribution < 1.29 is 14.5 Å². The maximum absolute atomic E-state index is 11.2. The number of hydrogen-bond donors (Lipinski definition) is 1. The minimum absolute atomic E-state index is 0.0700. The highest BCUT2D eigenvalue weighted by Crippen LogP contribution is 2.29. The predicted molar refractivity (Wildman–Crippen MR) is 82.8 cm³/mol. The summed E-state index contributed by atoms with van der Waals surface area (Å²) in [5.74, 6) is -0.510. The third-order valence-electron chi connectivity index (χ3n) is 3.05. The van der Waals surface area contributed by atoms with E-state index in [9.17, 15) is 14.9 Å². The lowest BCUT2D eigenvalue weighted by atomic mass is 10.2. The number of nitro groups is 1. The van der Waals surface area contributed by atoms with E-state index in [1.165, 1.54) is 6.07 Å². The van der Waals surface area contributed by atoms with E-state index in [0.29, 0.717) is 17.7 Å². The molecule has 0 aliphatic carbocycles. The summed E-state index contributed by atoms with van der Waals surface area (Å²) in [5.41, 5.74) is 5.82. The Hall–Kier alpha value is -2.74. The van der Waals surface area contributed by atoms with Gasteiger partial charge in [-0.15, -0.1) is 0 Å². The molecule has 2 rings (SSSR count). The lowest BCUT2D eigenvalue weighted by Gasteiger charge is -2.10. The minimum Gasteiger partial charge on any atom is -0.437 e. The van der Waals surface area contributed by atoms with Crippen molar-refractivity contribution in [3.63, 3.8) is 0 Å². The van der Waals surface area contributed by atoms with Crippen LogP contribution in [0.5, 0.6) is 11.6 Å². The van der Waals surface area contributed by atoms with E-state index in [-0.39, 0.29) is 28.2 Å². The largest absolute Gasteiger partial charge is 0.437 e. The molecule has 0 atom stereocenters. The third kappa shape index (κ3) is 3.54. The molecule has 9 heteroatoms. The molecule has 8 nitrogen and oxygen atoms in total. The number of benzene rings is 1. The molecule has 0 saturated heterocycles. The van der Waals surface area contributed by atoms with E-state index in [1.807, 2.05) is 0 Å². The molecule has 0 unspecified atom stereocenters. The maximum Gasteiger partial charge on any atom is 0.276 e. The van der Waals surface area contributed by atoms with Crippen molar-refractivity contribution >= 4 is 23.2 Å². The number of ether oxygens (including phenoxy) is 1. The normalized spacial score (nSPS) is 10.4. The molecular formula is C14H13ClN4O4. The van der Waals surface area contributed by atoms with E-state index in [0.717, 1.165) is 0 Å². The standard InChI is InChI=1S/C14H13ClN4O4/c1-3-9-14(18-12(15)11(17-9)13(16)20)23-8-5-4-7(2)10(6-8)19(21)22/h4-6H,3H2,1-2H3,(H2,16,20). The average molecular weight is 337 g/mol. The van der Waals surface area contributed by atoms with Crippen LogP contribution in [-0.4, -0.2) is 20.8 Å². The van der Waals surface area contributed by atoms with Crippen LogP contribution in [-0.2, 0) is 6.42 Å².